The van der Waals surface area contributed by atoms with Gasteiger partial charge in [-0.05, 0) is 48.2 Å². The quantitative estimate of drug-likeness (QED) is 0.830. The number of anilines is 1. The van der Waals surface area contributed by atoms with E-state index in [-0.39, 0.29) is 0 Å². The number of rotatable bonds is 3. The standard InChI is InChI=1S/C17H19BrN2O/c1-11-7-15(18)8-12(2)16(11)19-17(21)20-9-13-5-3-4-6-14(13)10-20/h3-8,17,19,21H,9-10H2,1-2H3. The molecular weight excluding hydrogens is 328 g/mol. The predicted molar refractivity (Wildman–Crippen MR) is 88.9 cm³/mol. The van der Waals surface area contributed by atoms with E-state index in [4.69, 9.17) is 0 Å². The smallest absolute Gasteiger partial charge is 0.184 e. The first kappa shape index (κ1) is 14.6. The first-order chi connectivity index (χ1) is 10.0. The van der Waals surface area contributed by atoms with Crippen LogP contribution >= 0.6 is 15.9 Å². The van der Waals surface area contributed by atoms with E-state index in [1.54, 1.807) is 0 Å². The second kappa shape index (κ2) is 5.79. The molecule has 0 saturated carbocycles. The summed E-state index contributed by atoms with van der Waals surface area (Å²) in [6, 6.07) is 12.5. The molecule has 0 spiro atoms. The predicted octanol–water partition coefficient (Wildman–Crippen LogP) is 3.77. The summed E-state index contributed by atoms with van der Waals surface area (Å²) in [5.41, 5.74) is 5.84. The van der Waals surface area contributed by atoms with Crippen LogP contribution in [0, 0.1) is 13.8 Å². The fourth-order valence-corrected chi connectivity index (χ4v) is 3.58. The fraction of sp³-hybridized carbons (Fsp3) is 0.294. The highest BCUT2D eigenvalue weighted by atomic mass is 79.9. The molecule has 3 nitrogen and oxygen atoms in total. The zero-order valence-corrected chi connectivity index (χ0v) is 13.8. The highest BCUT2D eigenvalue weighted by molar-refractivity contribution is 9.10. The van der Waals surface area contributed by atoms with Crippen molar-refractivity contribution in [2.24, 2.45) is 0 Å². The second-order valence-electron chi connectivity index (χ2n) is 5.61. The number of hydrogen-bond donors (Lipinski definition) is 2. The van der Waals surface area contributed by atoms with Gasteiger partial charge >= 0.3 is 0 Å². The summed E-state index contributed by atoms with van der Waals surface area (Å²) in [4.78, 5) is 2.03. The molecule has 0 bridgehead atoms. The van der Waals surface area contributed by atoms with Crippen molar-refractivity contribution < 1.29 is 5.11 Å². The molecule has 1 unspecified atom stereocenters. The summed E-state index contributed by atoms with van der Waals surface area (Å²) >= 11 is 3.50. The molecule has 1 aliphatic heterocycles. The number of aliphatic hydroxyl groups excluding tert-OH is 1. The van der Waals surface area contributed by atoms with Crippen molar-refractivity contribution in [3.05, 3.63) is 63.1 Å². The molecular formula is C17H19BrN2O. The Labute approximate surface area is 133 Å². The summed E-state index contributed by atoms with van der Waals surface area (Å²) in [6.45, 7) is 5.65. The van der Waals surface area contributed by atoms with Crippen LogP contribution in [0.25, 0.3) is 0 Å². The molecule has 0 saturated heterocycles. The average molecular weight is 347 g/mol. The number of hydrogen-bond acceptors (Lipinski definition) is 3. The Kier molecular flexibility index (Phi) is 4.02. The molecule has 2 N–H and O–H groups in total. The van der Waals surface area contributed by atoms with E-state index in [2.05, 4.69) is 45.5 Å². The third-order valence-corrected chi connectivity index (χ3v) is 4.44. The number of aryl methyl sites for hydroxylation is 2. The monoisotopic (exact) mass is 346 g/mol. The maximum Gasteiger partial charge on any atom is 0.184 e. The minimum Gasteiger partial charge on any atom is -0.361 e. The Morgan fingerprint density at radius 2 is 1.62 bits per heavy atom. The zero-order valence-electron chi connectivity index (χ0n) is 12.2. The van der Waals surface area contributed by atoms with Gasteiger partial charge in [0.1, 0.15) is 0 Å². The number of halogens is 1. The first-order valence-electron chi connectivity index (χ1n) is 7.07. The van der Waals surface area contributed by atoms with Gasteiger partial charge < -0.3 is 10.4 Å². The third-order valence-electron chi connectivity index (χ3n) is 3.98. The van der Waals surface area contributed by atoms with Gasteiger partial charge in [0, 0.05) is 23.2 Å². The molecule has 0 aliphatic carbocycles. The summed E-state index contributed by atoms with van der Waals surface area (Å²) in [7, 11) is 0. The second-order valence-corrected chi connectivity index (χ2v) is 6.52. The van der Waals surface area contributed by atoms with Gasteiger partial charge in [0.05, 0.1) is 0 Å². The molecule has 1 atom stereocenters. The van der Waals surface area contributed by atoms with Crippen molar-refractivity contribution in [2.45, 2.75) is 33.3 Å². The van der Waals surface area contributed by atoms with E-state index in [0.717, 1.165) is 34.4 Å². The van der Waals surface area contributed by atoms with Gasteiger partial charge in [-0.25, -0.2) is 0 Å². The zero-order chi connectivity index (χ0) is 15.0. The minimum absolute atomic E-state index is 0.684. The van der Waals surface area contributed by atoms with Gasteiger partial charge in [0.2, 0.25) is 0 Å². The molecule has 2 aromatic rings. The molecule has 0 radical (unpaired) electrons. The Hall–Kier alpha value is -1.36. The molecule has 1 aliphatic rings. The van der Waals surface area contributed by atoms with Crippen LogP contribution in [0.1, 0.15) is 22.3 Å². The lowest BCUT2D eigenvalue weighted by Gasteiger charge is -2.26. The maximum absolute atomic E-state index is 10.5. The number of aliphatic hydroxyl groups is 1. The SMILES string of the molecule is Cc1cc(Br)cc(C)c1NC(O)N1Cc2ccccc2C1. The van der Waals surface area contributed by atoms with E-state index >= 15 is 0 Å². The Morgan fingerprint density at radius 1 is 1.10 bits per heavy atom. The Morgan fingerprint density at radius 3 is 2.14 bits per heavy atom. The van der Waals surface area contributed by atoms with E-state index < -0.39 is 6.35 Å². The van der Waals surface area contributed by atoms with Crippen molar-refractivity contribution in [3.8, 4) is 0 Å². The molecule has 2 aromatic carbocycles. The Balaban J connectivity index is 1.75. The Bertz CT molecular complexity index is 624. The molecule has 0 fully saturated rings. The molecule has 110 valence electrons. The van der Waals surface area contributed by atoms with Gasteiger partial charge in [0.25, 0.3) is 0 Å². The lowest BCUT2D eigenvalue weighted by molar-refractivity contribution is 0.0230. The lowest BCUT2D eigenvalue weighted by atomic mass is 10.1. The van der Waals surface area contributed by atoms with Crippen LogP contribution in [-0.4, -0.2) is 16.4 Å². The van der Waals surface area contributed by atoms with Crippen LogP contribution in [0.5, 0.6) is 0 Å². The highest BCUT2D eigenvalue weighted by Crippen LogP contribution is 2.28. The van der Waals surface area contributed by atoms with Crippen LogP contribution in [0.4, 0.5) is 5.69 Å². The van der Waals surface area contributed by atoms with Gasteiger partial charge in [-0.2, -0.15) is 0 Å². The van der Waals surface area contributed by atoms with Crippen molar-refractivity contribution >= 4 is 21.6 Å². The van der Waals surface area contributed by atoms with Crippen molar-refractivity contribution in [2.75, 3.05) is 5.32 Å². The molecule has 4 heteroatoms. The van der Waals surface area contributed by atoms with Crippen LogP contribution < -0.4 is 5.32 Å². The van der Waals surface area contributed by atoms with E-state index in [0.29, 0.717) is 0 Å². The summed E-state index contributed by atoms with van der Waals surface area (Å²) in [6.07, 6.45) is -0.684. The summed E-state index contributed by atoms with van der Waals surface area (Å²) in [5, 5.41) is 13.7. The summed E-state index contributed by atoms with van der Waals surface area (Å²) < 4.78 is 1.06. The van der Waals surface area contributed by atoms with E-state index in [1.165, 1.54) is 11.1 Å². The molecule has 1 heterocycles. The van der Waals surface area contributed by atoms with Crippen LogP contribution in [0.3, 0.4) is 0 Å². The van der Waals surface area contributed by atoms with Gasteiger partial charge in [-0.3, -0.25) is 4.90 Å². The lowest BCUT2D eigenvalue weighted by Crippen LogP contribution is -2.37. The first-order valence-corrected chi connectivity index (χ1v) is 7.86. The van der Waals surface area contributed by atoms with Crippen LogP contribution in [0.2, 0.25) is 0 Å². The number of nitrogens with one attached hydrogen (secondary N) is 1. The summed E-state index contributed by atoms with van der Waals surface area (Å²) in [5.74, 6) is 0. The van der Waals surface area contributed by atoms with Crippen molar-refractivity contribution in [3.63, 3.8) is 0 Å². The fourth-order valence-electron chi connectivity index (χ4n) is 2.89. The van der Waals surface area contributed by atoms with Crippen molar-refractivity contribution in [1.82, 2.24) is 4.90 Å². The van der Waals surface area contributed by atoms with Crippen LogP contribution in [-0.2, 0) is 13.1 Å². The molecule has 0 amide bonds. The topological polar surface area (TPSA) is 35.5 Å². The third kappa shape index (κ3) is 2.98. The number of benzene rings is 2. The normalized spacial score (nSPS) is 15.8. The highest BCUT2D eigenvalue weighted by Gasteiger charge is 2.24. The minimum atomic E-state index is -0.684. The van der Waals surface area contributed by atoms with Gasteiger partial charge in [-0.1, -0.05) is 40.2 Å². The van der Waals surface area contributed by atoms with Gasteiger partial charge in [-0.15, -0.1) is 0 Å². The maximum atomic E-state index is 10.5. The van der Waals surface area contributed by atoms with Gasteiger partial charge in [0.15, 0.2) is 6.35 Å². The average Bonchev–Trinajstić information content (AvgIpc) is 2.86. The molecule has 21 heavy (non-hydrogen) atoms. The van der Waals surface area contributed by atoms with Crippen molar-refractivity contribution in [1.29, 1.82) is 0 Å². The largest absolute Gasteiger partial charge is 0.361 e. The number of fused-ring (bicyclic) bond motifs is 1. The number of nitrogens with zero attached hydrogens (tertiary/aromatic N) is 1. The molecule has 0 aromatic heterocycles. The van der Waals surface area contributed by atoms with E-state index in [1.807, 2.05) is 30.9 Å². The molecule has 3 rings (SSSR count). The van der Waals surface area contributed by atoms with Crippen LogP contribution in [0.15, 0.2) is 40.9 Å². The van der Waals surface area contributed by atoms with E-state index in [9.17, 15) is 5.11 Å².